The number of carbonyl (C=O) groups is 1. The van der Waals surface area contributed by atoms with Gasteiger partial charge in [0.15, 0.2) is 0 Å². The fraction of sp³-hybridized carbons (Fsp3) is 0.316. The van der Waals surface area contributed by atoms with Crippen molar-refractivity contribution in [2.45, 2.75) is 26.7 Å². The van der Waals surface area contributed by atoms with Gasteiger partial charge in [-0.1, -0.05) is 32.0 Å². The second-order valence-electron chi connectivity index (χ2n) is 6.26. The van der Waals surface area contributed by atoms with Crippen LogP contribution in [0.5, 0.6) is 5.75 Å². The van der Waals surface area contributed by atoms with E-state index >= 15 is 0 Å². The van der Waals surface area contributed by atoms with E-state index in [1.54, 1.807) is 25.3 Å². The maximum absolute atomic E-state index is 12.9. The first-order valence-electron chi connectivity index (χ1n) is 8.03. The molecule has 132 valence electrons. The number of ether oxygens (including phenoxy) is 1. The normalized spacial score (nSPS) is 11.9. The summed E-state index contributed by atoms with van der Waals surface area (Å²) in [5.41, 5.74) is 2.37. The van der Waals surface area contributed by atoms with Crippen LogP contribution in [0.1, 0.15) is 30.9 Å². The first-order chi connectivity index (χ1) is 11.8. The van der Waals surface area contributed by atoms with Crippen LogP contribution in [0.25, 0.3) is 0 Å². The van der Waals surface area contributed by atoms with Crippen molar-refractivity contribution in [1.82, 2.24) is 0 Å². The quantitative estimate of drug-likeness (QED) is 0.627. The highest BCUT2D eigenvalue weighted by Crippen LogP contribution is 2.30. The number of carbonyl (C=O) groups excluding carboxylic acids is 1. The molecule has 6 nitrogen and oxygen atoms in total. The minimum Gasteiger partial charge on any atom is -0.495 e. The molecule has 0 aliphatic rings. The van der Waals surface area contributed by atoms with E-state index in [-0.39, 0.29) is 17.5 Å². The van der Waals surface area contributed by atoms with E-state index < -0.39 is 10.8 Å². The Hall–Kier alpha value is -2.89. The molecule has 0 heterocycles. The zero-order valence-electron chi connectivity index (χ0n) is 14.8. The number of hydrogen-bond acceptors (Lipinski definition) is 4. The van der Waals surface area contributed by atoms with Crippen LogP contribution in [0.4, 0.5) is 11.4 Å². The van der Waals surface area contributed by atoms with E-state index in [0.29, 0.717) is 11.4 Å². The number of nitro groups is 1. The Morgan fingerprint density at radius 3 is 2.32 bits per heavy atom. The van der Waals surface area contributed by atoms with Crippen LogP contribution in [0.2, 0.25) is 0 Å². The number of non-ortho nitro benzene ring substituents is 1. The SMILES string of the molecule is COc1ccc(C)cc1NC(=O)C(c1ccc([N+](=O)[O-])cc1)C(C)C. The smallest absolute Gasteiger partial charge is 0.269 e. The van der Waals surface area contributed by atoms with Gasteiger partial charge in [0.25, 0.3) is 5.69 Å². The third-order valence-electron chi connectivity index (χ3n) is 4.03. The van der Waals surface area contributed by atoms with E-state index in [2.05, 4.69) is 5.32 Å². The van der Waals surface area contributed by atoms with Crippen molar-refractivity contribution in [1.29, 1.82) is 0 Å². The Morgan fingerprint density at radius 2 is 1.80 bits per heavy atom. The second-order valence-corrected chi connectivity index (χ2v) is 6.26. The number of anilines is 1. The summed E-state index contributed by atoms with van der Waals surface area (Å²) < 4.78 is 5.30. The van der Waals surface area contributed by atoms with Gasteiger partial charge in [0, 0.05) is 12.1 Å². The molecule has 0 saturated heterocycles. The Balaban J connectivity index is 2.30. The van der Waals surface area contributed by atoms with E-state index in [9.17, 15) is 14.9 Å². The highest BCUT2D eigenvalue weighted by molar-refractivity contribution is 5.97. The maximum Gasteiger partial charge on any atom is 0.269 e. The third-order valence-corrected chi connectivity index (χ3v) is 4.03. The van der Waals surface area contributed by atoms with Gasteiger partial charge in [0.1, 0.15) is 5.75 Å². The molecule has 0 fully saturated rings. The molecule has 0 saturated carbocycles. The summed E-state index contributed by atoms with van der Waals surface area (Å²) >= 11 is 0. The number of hydrogen-bond donors (Lipinski definition) is 1. The second kappa shape index (κ2) is 7.79. The molecule has 6 heteroatoms. The van der Waals surface area contributed by atoms with Gasteiger partial charge in [-0.3, -0.25) is 14.9 Å². The molecule has 1 atom stereocenters. The monoisotopic (exact) mass is 342 g/mol. The lowest BCUT2D eigenvalue weighted by Crippen LogP contribution is -2.25. The molecule has 1 N–H and O–H groups in total. The number of nitrogens with one attached hydrogen (secondary N) is 1. The van der Waals surface area contributed by atoms with Crippen LogP contribution in [0.3, 0.4) is 0 Å². The molecule has 0 aromatic heterocycles. The van der Waals surface area contributed by atoms with Crippen LogP contribution in [0.15, 0.2) is 42.5 Å². The van der Waals surface area contributed by atoms with E-state index in [1.807, 2.05) is 32.9 Å². The summed E-state index contributed by atoms with van der Waals surface area (Å²) in [5, 5.41) is 13.7. The first-order valence-corrected chi connectivity index (χ1v) is 8.03. The van der Waals surface area contributed by atoms with Crippen molar-refractivity contribution < 1.29 is 14.5 Å². The lowest BCUT2D eigenvalue weighted by Gasteiger charge is -2.21. The molecule has 0 bridgehead atoms. The largest absolute Gasteiger partial charge is 0.495 e. The number of rotatable bonds is 6. The minimum absolute atomic E-state index is 0.00650. The van der Waals surface area contributed by atoms with Crippen molar-refractivity contribution in [3.05, 3.63) is 63.7 Å². The first kappa shape index (κ1) is 18.4. The molecule has 25 heavy (non-hydrogen) atoms. The lowest BCUT2D eigenvalue weighted by molar-refractivity contribution is -0.384. The highest BCUT2D eigenvalue weighted by atomic mass is 16.6. The molecule has 0 radical (unpaired) electrons. The Kier molecular flexibility index (Phi) is 5.75. The molecule has 1 amide bonds. The van der Waals surface area contributed by atoms with Crippen molar-refractivity contribution in [2.24, 2.45) is 5.92 Å². The predicted octanol–water partition coefficient (Wildman–Crippen LogP) is 4.29. The van der Waals surface area contributed by atoms with Gasteiger partial charge in [-0.25, -0.2) is 0 Å². The number of methoxy groups -OCH3 is 1. The third kappa shape index (κ3) is 4.35. The topological polar surface area (TPSA) is 81.5 Å². The van der Waals surface area contributed by atoms with Gasteiger partial charge < -0.3 is 10.1 Å². The van der Waals surface area contributed by atoms with Crippen LogP contribution in [0, 0.1) is 23.0 Å². The van der Waals surface area contributed by atoms with Crippen molar-refractivity contribution >= 4 is 17.3 Å². The standard InChI is InChI=1S/C19H22N2O4/c1-12(2)18(14-6-8-15(9-7-14)21(23)24)19(22)20-16-11-13(3)5-10-17(16)25-4/h5-12,18H,1-4H3,(H,20,22). The molecule has 1 unspecified atom stereocenters. The van der Waals surface area contributed by atoms with E-state index in [4.69, 9.17) is 4.74 Å². The zero-order chi connectivity index (χ0) is 18.6. The maximum atomic E-state index is 12.9. The lowest BCUT2D eigenvalue weighted by atomic mass is 9.87. The molecular weight excluding hydrogens is 320 g/mol. The summed E-state index contributed by atoms with van der Waals surface area (Å²) in [6, 6.07) is 11.7. The number of benzene rings is 2. The fourth-order valence-corrected chi connectivity index (χ4v) is 2.77. The number of nitro benzene ring substituents is 1. The molecule has 0 spiro atoms. The van der Waals surface area contributed by atoms with Crippen molar-refractivity contribution in [3.63, 3.8) is 0 Å². The summed E-state index contributed by atoms with van der Waals surface area (Å²) in [4.78, 5) is 23.2. The molecule has 2 aromatic carbocycles. The zero-order valence-corrected chi connectivity index (χ0v) is 14.8. The Bertz CT molecular complexity index is 769. The van der Waals surface area contributed by atoms with E-state index in [0.717, 1.165) is 11.1 Å². The number of amides is 1. The van der Waals surface area contributed by atoms with Gasteiger partial charge >= 0.3 is 0 Å². The van der Waals surface area contributed by atoms with Crippen LogP contribution < -0.4 is 10.1 Å². The highest BCUT2D eigenvalue weighted by Gasteiger charge is 2.25. The number of nitrogens with zero attached hydrogens (tertiary/aromatic N) is 1. The molecule has 0 aliphatic heterocycles. The average molecular weight is 342 g/mol. The van der Waals surface area contributed by atoms with Gasteiger partial charge in [0.05, 0.1) is 23.6 Å². The van der Waals surface area contributed by atoms with Crippen LogP contribution in [-0.4, -0.2) is 17.9 Å². The fourth-order valence-electron chi connectivity index (χ4n) is 2.77. The summed E-state index contributed by atoms with van der Waals surface area (Å²) in [6.45, 7) is 5.82. The minimum atomic E-state index is -0.453. The van der Waals surface area contributed by atoms with Crippen LogP contribution >= 0.6 is 0 Å². The predicted molar refractivity (Wildman–Crippen MR) is 97.0 cm³/mol. The Morgan fingerprint density at radius 1 is 1.16 bits per heavy atom. The summed E-state index contributed by atoms with van der Waals surface area (Å²) in [7, 11) is 1.55. The molecule has 2 rings (SSSR count). The van der Waals surface area contributed by atoms with Gasteiger partial charge in [-0.05, 0) is 36.1 Å². The Labute approximate surface area is 147 Å². The number of aryl methyl sites for hydroxylation is 1. The van der Waals surface area contributed by atoms with Gasteiger partial charge in [0.2, 0.25) is 5.91 Å². The van der Waals surface area contributed by atoms with Crippen molar-refractivity contribution in [2.75, 3.05) is 12.4 Å². The summed E-state index contributed by atoms with van der Waals surface area (Å²) in [5.74, 6) is 0.0150. The summed E-state index contributed by atoms with van der Waals surface area (Å²) in [6.07, 6.45) is 0. The van der Waals surface area contributed by atoms with Crippen LogP contribution in [-0.2, 0) is 4.79 Å². The molecule has 2 aromatic rings. The van der Waals surface area contributed by atoms with Gasteiger partial charge in [-0.2, -0.15) is 0 Å². The molecule has 0 aliphatic carbocycles. The van der Waals surface area contributed by atoms with Gasteiger partial charge in [-0.15, -0.1) is 0 Å². The van der Waals surface area contributed by atoms with Crippen molar-refractivity contribution in [3.8, 4) is 5.75 Å². The molecular formula is C19H22N2O4. The van der Waals surface area contributed by atoms with E-state index in [1.165, 1.54) is 12.1 Å². The average Bonchev–Trinajstić information content (AvgIpc) is 2.55.